The topological polar surface area (TPSA) is 75.3 Å². The van der Waals surface area contributed by atoms with E-state index in [-0.39, 0.29) is 16.8 Å². The second kappa shape index (κ2) is 7.70. The van der Waals surface area contributed by atoms with Gasteiger partial charge < -0.3 is 5.32 Å². The molecule has 2 rings (SSSR count). The second-order valence-corrected chi connectivity index (χ2v) is 7.89. The van der Waals surface area contributed by atoms with E-state index < -0.39 is 10.0 Å². The molecule has 0 aromatic heterocycles. The molecule has 0 bridgehead atoms. The summed E-state index contributed by atoms with van der Waals surface area (Å²) in [4.78, 5) is 12.2. The van der Waals surface area contributed by atoms with Crippen molar-refractivity contribution < 1.29 is 13.2 Å². The molecule has 0 unspecified atom stereocenters. The van der Waals surface area contributed by atoms with Crippen LogP contribution in [0.2, 0.25) is 0 Å². The fourth-order valence-electron chi connectivity index (χ4n) is 2.21. The first-order valence-corrected chi connectivity index (χ1v) is 9.72. The molecule has 0 saturated heterocycles. The van der Waals surface area contributed by atoms with Crippen molar-refractivity contribution in [1.29, 1.82) is 0 Å². The second-order valence-electron chi connectivity index (χ2n) is 6.21. The predicted octanol–water partition coefficient (Wildman–Crippen LogP) is 3.63. The van der Waals surface area contributed by atoms with E-state index in [4.69, 9.17) is 0 Å². The quantitative estimate of drug-likeness (QED) is 0.826. The average molecular weight is 360 g/mol. The summed E-state index contributed by atoms with van der Waals surface area (Å²) in [5.74, 6) is -0.208. The molecule has 0 saturated carbocycles. The summed E-state index contributed by atoms with van der Waals surface area (Å²) in [5, 5.41) is 2.85. The molecule has 25 heavy (non-hydrogen) atoms. The lowest BCUT2D eigenvalue weighted by atomic mass is 10.1. The Labute approximate surface area is 149 Å². The highest BCUT2D eigenvalue weighted by molar-refractivity contribution is 7.92. The number of nitrogens with one attached hydrogen (secondary N) is 2. The van der Waals surface area contributed by atoms with Crippen molar-refractivity contribution in [3.63, 3.8) is 0 Å². The monoisotopic (exact) mass is 360 g/mol. The number of benzene rings is 2. The van der Waals surface area contributed by atoms with Gasteiger partial charge in [0.05, 0.1) is 4.90 Å². The third-order valence-electron chi connectivity index (χ3n) is 4.18. The Morgan fingerprint density at radius 3 is 2.24 bits per heavy atom. The molecule has 134 valence electrons. The first-order chi connectivity index (χ1) is 11.7. The molecule has 0 aliphatic carbocycles. The van der Waals surface area contributed by atoms with Crippen molar-refractivity contribution in [2.45, 2.75) is 45.1 Å². The van der Waals surface area contributed by atoms with Gasteiger partial charge in [0.1, 0.15) is 0 Å². The molecule has 0 fully saturated rings. The van der Waals surface area contributed by atoms with E-state index in [9.17, 15) is 13.2 Å². The van der Waals surface area contributed by atoms with Crippen LogP contribution in [0.5, 0.6) is 0 Å². The number of carbonyl (C=O) groups is 1. The first-order valence-electron chi connectivity index (χ1n) is 8.24. The van der Waals surface area contributed by atoms with Gasteiger partial charge in [-0.3, -0.25) is 9.52 Å². The summed E-state index contributed by atoms with van der Waals surface area (Å²) in [6, 6.07) is 11.4. The van der Waals surface area contributed by atoms with Crippen molar-refractivity contribution in [2.24, 2.45) is 0 Å². The highest BCUT2D eigenvalue weighted by atomic mass is 32.2. The Kier molecular flexibility index (Phi) is 5.85. The summed E-state index contributed by atoms with van der Waals surface area (Å²) in [6.07, 6.45) is 0.831. The van der Waals surface area contributed by atoms with E-state index in [2.05, 4.69) is 10.0 Å². The zero-order valence-corrected chi connectivity index (χ0v) is 15.8. The van der Waals surface area contributed by atoms with E-state index >= 15 is 0 Å². The number of anilines is 1. The molecule has 6 heteroatoms. The predicted molar refractivity (Wildman–Crippen MR) is 100 cm³/mol. The number of hydrogen-bond acceptors (Lipinski definition) is 3. The fraction of sp³-hybridized carbons (Fsp3) is 0.316. The molecule has 5 nitrogen and oxygen atoms in total. The average Bonchev–Trinajstić information content (AvgIpc) is 2.58. The molecule has 1 amide bonds. The fourth-order valence-corrected chi connectivity index (χ4v) is 3.26. The molecule has 0 heterocycles. The molecule has 2 aromatic carbocycles. The zero-order chi connectivity index (χ0) is 18.6. The van der Waals surface area contributed by atoms with Crippen molar-refractivity contribution in [2.75, 3.05) is 4.72 Å². The summed E-state index contributed by atoms with van der Waals surface area (Å²) in [6.45, 7) is 7.80. The van der Waals surface area contributed by atoms with Crippen LogP contribution in [-0.2, 0) is 10.0 Å². The lowest BCUT2D eigenvalue weighted by Gasteiger charge is -2.12. The minimum absolute atomic E-state index is 0.0716. The zero-order valence-electron chi connectivity index (χ0n) is 15.0. The van der Waals surface area contributed by atoms with Gasteiger partial charge in [-0.15, -0.1) is 0 Å². The van der Waals surface area contributed by atoms with Gasteiger partial charge in [0, 0.05) is 17.3 Å². The third-order valence-corrected chi connectivity index (χ3v) is 5.57. The number of carbonyl (C=O) groups excluding carboxylic acids is 1. The molecule has 2 aromatic rings. The van der Waals surface area contributed by atoms with Gasteiger partial charge in [-0.1, -0.05) is 13.0 Å². The number of aryl methyl sites for hydroxylation is 2. The van der Waals surface area contributed by atoms with Crippen molar-refractivity contribution in [1.82, 2.24) is 5.32 Å². The first kappa shape index (κ1) is 19.0. The van der Waals surface area contributed by atoms with Crippen LogP contribution >= 0.6 is 0 Å². The summed E-state index contributed by atoms with van der Waals surface area (Å²) in [7, 11) is -3.69. The van der Waals surface area contributed by atoms with E-state index in [1.807, 2.05) is 33.8 Å². The molecule has 0 spiro atoms. The number of rotatable bonds is 6. The number of sulfonamides is 1. The van der Waals surface area contributed by atoms with Crippen LogP contribution in [-0.4, -0.2) is 20.4 Å². The molecule has 0 radical (unpaired) electrons. The van der Waals surface area contributed by atoms with Crippen molar-refractivity contribution in [3.05, 3.63) is 59.2 Å². The molecule has 0 aliphatic heterocycles. The van der Waals surface area contributed by atoms with Crippen LogP contribution in [0.25, 0.3) is 0 Å². The Balaban J connectivity index is 2.17. The maximum Gasteiger partial charge on any atom is 0.261 e. The Morgan fingerprint density at radius 1 is 1.04 bits per heavy atom. The summed E-state index contributed by atoms with van der Waals surface area (Å²) >= 11 is 0. The van der Waals surface area contributed by atoms with Gasteiger partial charge in [-0.25, -0.2) is 8.42 Å². The maximum atomic E-state index is 12.5. The minimum Gasteiger partial charge on any atom is -0.350 e. The van der Waals surface area contributed by atoms with E-state index in [0.717, 1.165) is 17.5 Å². The summed E-state index contributed by atoms with van der Waals surface area (Å²) < 4.78 is 27.5. The number of amides is 1. The van der Waals surface area contributed by atoms with Gasteiger partial charge in [-0.05, 0) is 74.7 Å². The van der Waals surface area contributed by atoms with Crippen LogP contribution in [0.3, 0.4) is 0 Å². The molecular weight excluding hydrogens is 336 g/mol. The van der Waals surface area contributed by atoms with Crippen LogP contribution < -0.4 is 10.0 Å². The maximum absolute atomic E-state index is 12.5. The Bertz CT molecular complexity index is 859. The van der Waals surface area contributed by atoms with E-state index in [0.29, 0.717) is 11.3 Å². The van der Waals surface area contributed by atoms with Crippen LogP contribution in [0.1, 0.15) is 41.8 Å². The van der Waals surface area contributed by atoms with Crippen LogP contribution in [0.15, 0.2) is 47.4 Å². The number of hydrogen-bond donors (Lipinski definition) is 2. The van der Waals surface area contributed by atoms with Gasteiger partial charge in [0.15, 0.2) is 0 Å². The normalized spacial score (nSPS) is 12.5. The molecule has 0 aliphatic rings. The van der Waals surface area contributed by atoms with Crippen LogP contribution in [0.4, 0.5) is 5.69 Å². The van der Waals surface area contributed by atoms with E-state index in [1.165, 1.54) is 24.3 Å². The lowest BCUT2D eigenvalue weighted by Crippen LogP contribution is -2.31. The largest absolute Gasteiger partial charge is 0.350 e. The van der Waals surface area contributed by atoms with Gasteiger partial charge in [0.25, 0.3) is 15.9 Å². The van der Waals surface area contributed by atoms with Crippen molar-refractivity contribution >= 4 is 21.6 Å². The highest BCUT2D eigenvalue weighted by Crippen LogP contribution is 2.19. The molecule has 1 atom stereocenters. The van der Waals surface area contributed by atoms with E-state index in [1.54, 1.807) is 12.1 Å². The smallest absolute Gasteiger partial charge is 0.261 e. The third kappa shape index (κ3) is 4.82. The van der Waals surface area contributed by atoms with Gasteiger partial charge in [-0.2, -0.15) is 0 Å². The van der Waals surface area contributed by atoms with Crippen LogP contribution in [0, 0.1) is 13.8 Å². The molecular formula is C19H24N2O3S. The highest BCUT2D eigenvalue weighted by Gasteiger charge is 2.16. The van der Waals surface area contributed by atoms with Gasteiger partial charge >= 0.3 is 0 Å². The summed E-state index contributed by atoms with van der Waals surface area (Å²) in [5.41, 5.74) is 3.06. The standard InChI is InChI=1S/C19H24N2O3S/c1-5-15(4)20-19(22)16-7-10-18(11-8-16)25(23,24)21-17-9-6-13(2)14(3)12-17/h6-12,15,21H,5H2,1-4H3,(H,20,22)/t15-/m1/s1. The Morgan fingerprint density at radius 2 is 1.68 bits per heavy atom. The van der Waals surface area contributed by atoms with Gasteiger partial charge in [0.2, 0.25) is 0 Å². The SMILES string of the molecule is CC[C@@H](C)NC(=O)c1ccc(S(=O)(=O)Nc2ccc(C)c(C)c2)cc1. The van der Waals surface area contributed by atoms with Crippen molar-refractivity contribution in [3.8, 4) is 0 Å². The minimum atomic E-state index is -3.69. The lowest BCUT2D eigenvalue weighted by molar-refractivity contribution is 0.0939. The molecule has 2 N–H and O–H groups in total. The Hall–Kier alpha value is -2.34.